The van der Waals surface area contributed by atoms with Crippen molar-refractivity contribution in [3.63, 3.8) is 0 Å². The molecule has 1 rings (SSSR count). The number of amides is 1. The molecule has 0 spiro atoms. The van der Waals surface area contributed by atoms with Crippen molar-refractivity contribution < 1.29 is 9.53 Å². The van der Waals surface area contributed by atoms with Crippen LogP contribution in [0, 0.1) is 0 Å². The standard InChI is InChI=1S/C11H22N2O2/c1-9(2)13-6-4-10(5-7-13)12-11(14)8-15-3/h9-10H,4-8H2,1-3H3,(H,12,14). The van der Waals surface area contributed by atoms with Crippen molar-refractivity contribution in [2.45, 2.75) is 38.8 Å². The molecule has 1 N–H and O–H groups in total. The normalized spacial score (nSPS) is 19.5. The van der Waals surface area contributed by atoms with E-state index in [1.54, 1.807) is 7.11 Å². The maximum absolute atomic E-state index is 11.3. The topological polar surface area (TPSA) is 41.6 Å². The number of nitrogens with one attached hydrogen (secondary N) is 1. The minimum absolute atomic E-state index is 0.000460. The van der Waals surface area contributed by atoms with Crippen LogP contribution in [0.25, 0.3) is 0 Å². The van der Waals surface area contributed by atoms with Crippen LogP contribution in [0.3, 0.4) is 0 Å². The lowest BCUT2D eigenvalue weighted by molar-refractivity contribution is -0.125. The summed E-state index contributed by atoms with van der Waals surface area (Å²) in [7, 11) is 1.54. The van der Waals surface area contributed by atoms with Gasteiger partial charge in [0.25, 0.3) is 0 Å². The third-order valence-electron chi connectivity index (χ3n) is 2.90. The van der Waals surface area contributed by atoms with E-state index in [1.807, 2.05) is 0 Å². The molecule has 1 aliphatic heterocycles. The van der Waals surface area contributed by atoms with Gasteiger partial charge in [-0.2, -0.15) is 0 Å². The minimum Gasteiger partial charge on any atom is -0.375 e. The number of piperidine rings is 1. The molecule has 1 heterocycles. The van der Waals surface area contributed by atoms with Gasteiger partial charge in [-0.1, -0.05) is 0 Å². The largest absolute Gasteiger partial charge is 0.375 e. The Kier molecular flexibility index (Phi) is 5.05. The van der Waals surface area contributed by atoms with Crippen molar-refractivity contribution in [2.24, 2.45) is 0 Å². The van der Waals surface area contributed by atoms with E-state index in [-0.39, 0.29) is 12.5 Å². The lowest BCUT2D eigenvalue weighted by Gasteiger charge is -2.34. The molecule has 0 aliphatic carbocycles. The van der Waals surface area contributed by atoms with Gasteiger partial charge in [0, 0.05) is 32.3 Å². The Labute approximate surface area is 92.0 Å². The summed E-state index contributed by atoms with van der Waals surface area (Å²) in [5.74, 6) is 0.000460. The molecule has 1 amide bonds. The van der Waals surface area contributed by atoms with Crippen LogP contribution in [0.2, 0.25) is 0 Å². The summed E-state index contributed by atoms with van der Waals surface area (Å²) in [5.41, 5.74) is 0. The van der Waals surface area contributed by atoms with Crippen LogP contribution in [0.5, 0.6) is 0 Å². The van der Waals surface area contributed by atoms with Crippen molar-refractivity contribution in [3.05, 3.63) is 0 Å². The van der Waals surface area contributed by atoms with E-state index in [1.165, 1.54) is 0 Å². The number of hydrogen-bond donors (Lipinski definition) is 1. The van der Waals surface area contributed by atoms with E-state index in [0.717, 1.165) is 25.9 Å². The van der Waals surface area contributed by atoms with Gasteiger partial charge >= 0.3 is 0 Å². The minimum atomic E-state index is 0.000460. The Hall–Kier alpha value is -0.610. The number of nitrogens with zero attached hydrogens (tertiary/aromatic N) is 1. The second-order valence-corrected chi connectivity index (χ2v) is 4.40. The summed E-state index contributed by atoms with van der Waals surface area (Å²) in [6.45, 7) is 6.75. The van der Waals surface area contributed by atoms with Gasteiger partial charge in [0.05, 0.1) is 0 Å². The zero-order chi connectivity index (χ0) is 11.3. The first-order valence-corrected chi connectivity index (χ1v) is 5.66. The monoisotopic (exact) mass is 214 g/mol. The van der Waals surface area contributed by atoms with Gasteiger partial charge < -0.3 is 15.0 Å². The maximum Gasteiger partial charge on any atom is 0.246 e. The summed E-state index contributed by atoms with van der Waals surface area (Å²) in [6.07, 6.45) is 2.10. The van der Waals surface area contributed by atoms with Crippen LogP contribution in [0.1, 0.15) is 26.7 Å². The van der Waals surface area contributed by atoms with Gasteiger partial charge in [-0.05, 0) is 26.7 Å². The number of carbonyl (C=O) groups is 1. The zero-order valence-corrected chi connectivity index (χ0v) is 9.95. The first-order chi connectivity index (χ1) is 7.13. The number of ether oxygens (including phenoxy) is 1. The van der Waals surface area contributed by atoms with Gasteiger partial charge in [-0.25, -0.2) is 0 Å². The third kappa shape index (κ3) is 4.18. The Balaban J connectivity index is 2.22. The quantitative estimate of drug-likeness (QED) is 0.746. The molecule has 88 valence electrons. The van der Waals surface area contributed by atoms with E-state index in [0.29, 0.717) is 12.1 Å². The fraction of sp³-hybridized carbons (Fsp3) is 0.909. The van der Waals surface area contributed by atoms with Crippen molar-refractivity contribution in [1.29, 1.82) is 0 Å². The molecule has 0 aromatic rings. The molecule has 0 aromatic heterocycles. The molecule has 4 nitrogen and oxygen atoms in total. The molecule has 1 saturated heterocycles. The highest BCUT2D eigenvalue weighted by Gasteiger charge is 2.21. The Bertz CT molecular complexity index is 199. The van der Waals surface area contributed by atoms with Gasteiger partial charge in [0.15, 0.2) is 0 Å². The fourth-order valence-corrected chi connectivity index (χ4v) is 1.96. The molecule has 0 aromatic carbocycles. The molecule has 0 unspecified atom stereocenters. The summed E-state index contributed by atoms with van der Waals surface area (Å²) in [5, 5.41) is 2.99. The summed E-state index contributed by atoms with van der Waals surface area (Å²) < 4.78 is 4.78. The SMILES string of the molecule is COCC(=O)NC1CCN(C(C)C)CC1. The predicted molar refractivity (Wildman–Crippen MR) is 59.7 cm³/mol. The predicted octanol–water partition coefficient (Wildman–Crippen LogP) is 0.622. The van der Waals surface area contributed by atoms with Crippen molar-refractivity contribution >= 4 is 5.91 Å². The van der Waals surface area contributed by atoms with Crippen molar-refractivity contribution in [2.75, 3.05) is 26.8 Å². The molecule has 4 heteroatoms. The van der Waals surface area contributed by atoms with E-state index >= 15 is 0 Å². The van der Waals surface area contributed by atoms with Gasteiger partial charge in [-0.3, -0.25) is 4.79 Å². The number of rotatable bonds is 4. The van der Waals surface area contributed by atoms with E-state index in [4.69, 9.17) is 4.74 Å². The van der Waals surface area contributed by atoms with Crippen LogP contribution in [0.15, 0.2) is 0 Å². The number of methoxy groups -OCH3 is 1. The first-order valence-electron chi connectivity index (χ1n) is 5.66. The highest BCUT2D eigenvalue weighted by molar-refractivity contribution is 5.77. The van der Waals surface area contributed by atoms with Crippen LogP contribution in [0.4, 0.5) is 0 Å². The second-order valence-electron chi connectivity index (χ2n) is 4.40. The zero-order valence-electron chi connectivity index (χ0n) is 9.95. The average Bonchev–Trinajstić information content (AvgIpc) is 2.18. The average molecular weight is 214 g/mol. The molecule has 0 bridgehead atoms. The molecule has 0 radical (unpaired) electrons. The third-order valence-corrected chi connectivity index (χ3v) is 2.90. The van der Waals surface area contributed by atoms with Gasteiger partial charge in [-0.15, -0.1) is 0 Å². The van der Waals surface area contributed by atoms with Crippen molar-refractivity contribution in [3.8, 4) is 0 Å². The number of likely N-dealkylation sites (tertiary alicyclic amines) is 1. The van der Waals surface area contributed by atoms with Gasteiger partial charge in [0.1, 0.15) is 6.61 Å². The van der Waals surface area contributed by atoms with Gasteiger partial charge in [0.2, 0.25) is 5.91 Å². The van der Waals surface area contributed by atoms with E-state index in [9.17, 15) is 4.79 Å². The summed E-state index contributed by atoms with van der Waals surface area (Å²) >= 11 is 0. The molecule has 0 saturated carbocycles. The highest BCUT2D eigenvalue weighted by atomic mass is 16.5. The summed E-state index contributed by atoms with van der Waals surface area (Å²) in [4.78, 5) is 13.7. The Morgan fingerprint density at radius 1 is 1.47 bits per heavy atom. The molecule has 1 aliphatic rings. The molecular formula is C11H22N2O2. The fourth-order valence-electron chi connectivity index (χ4n) is 1.96. The van der Waals surface area contributed by atoms with Crippen LogP contribution >= 0.6 is 0 Å². The molecule has 15 heavy (non-hydrogen) atoms. The van der Waals surface area contributed by atoms with Crippen LogP contribution in [-0.2, 0) is 9.53 Å². The summed E-state index contributed by atoms with van der Waals surface area (Å²) in [6, 6.07) is 0.947. The number of carbonyl (C=O) groups excluding carboxylic acids is 1. The van der Waals surface area contributed by atoms with Crippen LogP contribution < -0.4 is 5.32 Å². The van der Waals surface area contributed by atoms with E-state index in [2.05, 4.69) is 24.1 Å². The lowest BCUT2D eigenvalue weighted by Crippen LogP contribution is -2.47. The smallest absolute Gasteiger partial charge is 0.246 e. The molecule has 1 fully saturated rings. The van der Waals surface area contributed by atoms with E-state index < -0.39 is 0 Å². The molecular weight excluding hydrogens is 192 g/mol. The van der Waals surface area contributed by atoms with Crippen molar-refractivity contribution in [1.82, 2.24) is 10.2 Å². The Morgan fingerprint density at radius 2 is 2.07 bits per heavy atom. The highest BCUT2D eigenvalue weighted by Crippen LogP contribution is 2.12. The number of hydrogen-bond acceptors (Lipinski definition) is 3. The Morgan fingerprint density at radius 3 is 2.53 bits per heavy atom. The second kappa shape index (κ2) is 6.08. The van der Waals surface area contributed by atoms with Crippen LogP contribution in [-0.4, -0.2) is 49.7 Å². The maximum atomic E-state index is 11.3. The lowest BCUT2D eigenvalue weighted by atomic mass is 10.0. The first kappa shape index (κ1) is 12.5. The molecule has 0 atom stereocenters.